The van der Waals surface area contributed by atoms with E-state index in [1.165, 1.54) is 0 Å². The van der Waals surface area contributed by atoms with Gasteiger partial charge in [0.1, 0.15) is 5.69 Å². The van der Waals surface area contributed by atoms with Gasteiger partial charge in [-0.1, -0.05) is 23.2 Å². The molecule has 0 saturated carbocycles. The zero-order valence-electron chi connectivity index (χ0n) is 11.8. The van der Waals surface area contributed by atoms with E-state index in [9.17, 15) is 4.79 Å². The Morgan fingerprint density at radius 3 is 2.82 bits per heavy atom. The van der Waals surface area contributed by atoms with Gasteiger partial charge in [0.05, 0.1) is 26.6 Å². The van der Waals surface area contributed by atoms with E-state index in [4.69, 9.17) is 28.3 Å². The number of likely N-dealkylation sites (N-methyl/N-ethyl adjacent to an activating group) is 1. The number of carbonyl (C=O) groups excluding carboxylic acids is 1. The number of anilines is 1. The van der Waals surface area contributed by atoms with E-state index in [0.717, 1.165) is 16.6 Å². The Kier molecular flexibility index (Phi) is 4.29. The Hall–Kier alpha value is -0.950. The predicted molar refractivity (Wildman–Crippen MR) is 92.2 cm³/mol. The number of amides is 1. The van der Waals surface area contributed by atoms with Crippen LogP contribution in [-0.4, -0.2) is 47.2 Å². The summed E-state index contributed by atoms with van der Waals surface area (Å²) in [7, 11) is 1.77. The number of fused-ring (bicyclic) bond motifs is 3. The third-order valence-corrected chi connectivity index (χ3v) is 5.35. The van der Waals surface area contributed by atoms with E-state index in [1.54, 1.807) is 18.0 Å². The van der Waals surface area contributed by atoms with Crippen LogP contribution >= 0.6 is 39.1 Å². The molecule has 22 heavy (non-hydrogen) atoms. The highest BCUT2D eigenvalue weighted by molar-refractivity contribution is 9.10. The van der Waals surface area contributed by atoms with Crippen molar-refractivity contribution in [3.8, 4) is 0 Å². The van der Waals surface area contributed by atoms with Gasteiger partial charge < -0.3 is 19.9 Å². The van der Waals surface area contributed by atoms with Crippen molar-refractivity contribution in [2.24, 2.45) is 0 Å². The van der Waals surface area contributed by atoms with Gasteiger partial charge >= 0.3 is 0 Å². The molecular formula is C14H14BrCl2N3O2. The molecule has 0 unspecified atom stereocenters. The maximum atomic E-state index is 12.5. The van der Waals surface area contributed by atoms with Crippen molar-refractivity contribution in [1.29, 1.82) is 0 Å². The van der Waals surface area contributed by atoms with Crippen LogP contribution in [0, 0.1) is 0 Å². The topological polar surface area (TPSA) is 57.5 Å². The molecule has 1 amide bonds. The van der Waals surface area contributed by atoms with Crippen molar-refractivity contribution in [2.45, 2.75) is 6.54 Å². The lowest BCUT2D eigenvalue weighted by molar-refractivity contribution is 0.0750. The van der Waals surface area contributed by atoms with Gasteiger partial charge in [-0.25, -0.2) is 0 Å². The number of aliphatic hydroxyl groups is 1. The molecule has 2 aromatic rings. The summed E-state index contributed by atoms with van der Waals surface area (Å²) < 4.78 is 2.60. The van der Waals surface area contributed by atoms with E-state index in [2.05, 4.69) is 21.2 Å². The predicted octanol–water partition coefficient (Wildman–Crippen LogP) is 3.20. The van der Waals surface area contributed by atoms with Gasteiger partial charge in [0.25, 0.3) is 5.91 Å². The molecule has 1 aliphatic rings. The van der Waals surface area contributed by atoms with E-state index in [1.807, 2.05) is 4.57 Å². The number of halogens is 3. The first kappa shape index (κ1) is 15.9. The molecule has 2 heterocycles. The van der Waals surface area contributed by atoms with E-state index in [-0.39, 0.29) is 12.5 Å². The van der Waals surface area contributed by atoms with Crippen LogP contribution in [0.4, 0.5) is 5.69 Å². The lowest BCUT2D eigenvalue weighted by atomic mass is 10.2. The number of aromatic nitrogens is 1. The number of benzene rings is 1. The van der Waals surface area contributed by atoms with Crippen molar-refractivity contribution in [3.63, 3.8) is 0 Å². The number of nitrogens with one attached hydrogen (secondary N) is 1. The van der Waals surface area contributed by atoms with E-state index in [0.29, 0.717) is 39.8 Å². The van der Waals surface area contributed by atoms with Crippen LogP contribution in [-0.2, 0) is 6.54 Å². The van der Waals surface area contributed by atoms with Crippen molar-refractivity contribution in [1.82, 2.24) is 9.47 Å². The zero-order chi connectivity index (χ0) is 16.0. The first-order chi connectivity index (χ1) is 10.5. The second-order valence-corrected chi connectivity index (χ2v) is 6.71. The molecule has 0 radical (unpaired) electrons. The van der Waals surface area contributed by atoms with Crippen molar-refractivity contribution >= 4 is 61.6 Å². The average molecular weight is 407 g/mol. The minimum absolute atomic E-state index is 0.00537. The van der Waals surface area contributed by atoms with Crippen LogP contribution in [0.1, 0.15) is 10.5 Å². The van der Waals surface area contributed by atoms with Crippen molar-refractivity contribution in [3.05, 3.63) is 26.3 Å². The molecule has 0 bridgehead atoms. The fourth-order valence-corrected chi connectivity index (χ4v) is 3.97. The number of aliphatic hydroxyl groups excluding tert-OH is 1. The first-order valence-corrected chi connectivity index (χ1v) is 8.32. The lowest BCUT2D eigenvalue weighted by Crippen LogP contribution is -2.37. The minimum Gasteiger partial charge on any atom is -0.395 e. The summed E-state index contributed by atoms with van der Waals surface area (Å²) in [5.41, 5.74) is 2.04. The van der Waals surface area contributed by atoms with E-state index >= 15 is 0 Å². The quantitative estimate of drug-likeness (QED) is 0.822. The number of rotatable bonds is 3. The Morgan fingerprint density at radius 1 is 1.41 bits per heavy atom. The molecule has 3 rings (SSSR count). The molecule has 5 nitrogen and oxygen atoms in total. The van der Waals surface area contributed by atoms with Gasteiger partial charge in [-0.2, -0.15) is 0 Å². The third kappa shape index (κ3) is 2.29. The molecular weight excluding hydrogens is 393 g/mol. The monoisotopic (exact) mass is 405 g/mol. The number of hydrogen-bond acceptors (Lipinski definition) is 3. The number of nitrogens with zero attached hydrogens (tertiary/aromatic N) is 2. The average Bonchev–Trinajstić information content (AvgIpc) is 2.79. The largest absolute Gasteiger partial charge is 0.395 e. The third-order valence-electron chi connectivity index (χ3n) is 3.80. The molecule has 0 spiro atoms. The highest BCUT2D eigenvalue weighted by Crippen LogP contribution is 2.44. The van der Waals surface area contributed by atoms with E-state index < -0.39 is 0 Å². The summed E-state index contributed by atoms with van der Waals surface area (Å²) in [6.45, 7) is 1.64. The molecule has 2 N–H and O–H groups in total. The molecule has 1 aromatic heterocycles. The zero-order valence-corrected chi connectivity index (χ0v) is 14.9. The molecule has 0 atom stereocenters. The molecule has 0 aliphatic carbocycles. The maximum Gasteiger partial charge on any atom is 0.271 e. The molecule has 0 fully saturated rings. The summed E-state index contributed by atoms with van der Waals surface area (Å²) in [6.07, 6.45) is 0. The van der Waals surface area contributed by atoms with Gasteiger partial charge in [-0.05, 0) is 22.0 Å². The SMILES string of the molecule is CN1CCn2c(c(Br)c3c(NCCO)cc(Cl)c(Cl)c32)C1=O. The standard InChI is InChI=1S/C14H14BrCl2N3O2/c1-19-3-4-20-12-9(10(15)13(20)14(19)22)8(18-2-5-21)6-7(16)11(12)17/h6,18,21H,2-5H2,1H3. The molecule has 1 aromatic carbocycles. The normalized spacial score (nSPS) is 14.6. The highest BCUT2D eigenvalue weighted by atomic mass is 79.9. The lowest BCUT2D eigenvalue weighted by Gasteiger charge is -2.25. The molecule has 1 aliphatic heterocycles. The van der Waals surface area contributed by atoms with Crippen LogP contribution in [0.25, 0.3) is 10.9 Å². The second kappa shape index (κ2) is 5.92. The van der Waals surface area contributed by atoms with Gasteiger partial charge in [-0.15, -0.1) is 0 Å². The summed E-state index contributed by atoms with van der Waals surface area (Å²) >= 11 is 16.2. The van der Waals surface area contributed by atoms with Gasteiger partial charge in [0.15, 0.2) is 0 Å². The Bertz CT molecular complexity index is 776. The Labute approximate surface area is 145 Å². The minimum atomic E-state index is -0.0605. The Balaban J connectivity index is 2.35. The fraction of sp³-hybridized carbons (Fsp3) is 0.357. The van der Waals surface area contributed by atoms with Crippen LogP contribution < -0.4 is 5.32 Å². The van der Waals surface area contributed by atoms with Gasteiger partial charge in [-0.3, -0.25) is 4.79 Å². The maximum absolute atomic E-state index is 12.5. The Morgan fingerprint density at radius 2 is 2.14 bits per heavy atom. The van der Waals surface area contributed by atoms with Crippen LogP contribution in [0.3, 0.4) is 0 Å². The number of hydrogen-bond donors (Lipinski definition) is 2. The molecule has 118 valence electrons. The summed E-state index contributed by atoms with van der Waals surface area (Å²) in [4.78, 5) is 14.1. The van der Waals surface area contributed by atoms with Crippen LogP contribution in [0.15, 0.2) is 10.5 Å². The van der Waals surface area contributed by atoms with Gasteiger partial charge in [0.2, 0.25) is 0 Å². The van der Waals surface area contributed by atoms with Crippen molar-refractivity contribution in [2.75, 3.05) is 32.1 Å². The second-order valence-electron chi connectivity index (χ2n) is 5.13. The highest BCUT2D eigenvalue weighted by Gasteiger charge is 2.30. The van der Waals surface area contributed by atoms with Crippen molar-refractivity contribution < 1.29 is 9.90 Å². The summed E-state index contributed by atoms with van der Waals surface area (Å²) in [5.74, 6) is -0.0605. The first-order valence-electron chi connectivity index (χ1n) is 6.77. The van der Waals surface area contributed by atoms with Gasteiger partial charge in [0, 0.05) is 37.8 Å². The fourth-order valence-electron chi connectivity index (χ4n) is 2.73. The molecule has 8 heteroatoms. The summed E-state index contributed by atoms with van der Waals surface area (Å²) in [5, 5.41) is 13.8. The van der Waals surface area contributed by atoms with Crippen LogP contribution in [0.2, 0.25) is 10.0 Å². The number of carbonyl (C=O) groups is 1. The van der Waals surface area contributed by atoms with Crippen LogP contribution in [0.5, 0.6) is 0 Å². The molecule has 0 saturated heterocycles. The smallest absolute Gasteiger partial charge is 0.271 e. The summed E-state index contributed by atoms with van der Waals surface area (Å²) in [6, 6.07) is 1.72.